The second-order valence-electron chi connectivity index (χ2n) is 11.3. The van der Waals surface area contributed by atoms with Crippen molar-refractivity contribution in [1.82, 2.24) is 25.1 Å². The van der Waals surface area contributed by atoms with Crippen molar-refractivity contribution >= 4 is 17.8 Å². The number of esters is 1. The summed E-state index contributed by atoms with van der Waals surface area (Å²) >= 11 is 0. The highest BCUT2D eigenvalue weighted by molar-refractivity contribution is 5.80. The molecule has 0 saturated carbocycles. The van der Waals surface area contributed by atoms with Crippen molar-refractivity contribution < 1.29 is 28.6 Å². The molecule has 0 radical (unpaired) electrons. The molecule has 0 spiro atoms. The molecule has 42 heavy (non-hydrogen) atoms. The minimum absolute atomic E-state index is 0.113. The Bertz CT molecular complexity index is 1180. The summed E-state index contributed by atoms with van der Waals surface area (Å²) in [5, 5.41) is 5.97. The number of aromatic nitrogens is 2. The van der Waals surface area contributed by atoms with Gasteiger partial charge in [0.1, 0.15) is 5.82 Å². The summed E-state index contributed by atoms with van der Waals surface area (Å²) in [6.07, 6.45) is 6.28. The molecule has 232 valence electrons. The zero-order valence-electron chi connectivity index (χ0n) is 25.7. The molecule has 4 rings (SSSR count). The standard InChI is InChI=1S/C31H47N5O6/c1-6-41-30(39)31(12-11-23(2)3)19-24-9-10-25(26(18-24)40-5)42-21-29(38)33-14-17-36(15-7-8-28(37)34-22-31)20-27-32-13-16-35(27)4/h9-10,13,16,18,23H,6-8,11-12,14-15,17,19-22H2,1-5H3,(H,33,38)(H,34,37). The van der Waals surface area contributed by atoms with E-state index < -0.39 is 5.41 Å². The fourth-order valence-electron chi connectivity index (χ4n) is 5.05. The molecular weight excluding hydrogens is 538 g/mol. The maximum atomic E-state index is 13.5. The highest BCUT2D eigenvalue weighted by Crippen LogP contribution is 2.35. The zero-order valence-corrected chi connectivity index (χ0v) is 25.7. The third-order valence-corrected chi connectivity index (χ3v) is 7.58. The highest BCUT2D eigenvalue weighted by atomic mass is 16.5. The van der Waals surface area contributed by atoms with Crippen LogP contribution in [0.4, 0.5) is 0 Å². The van der Waals surface area contributed by atoms with Crippen molar-refractivity contribution in [3.63, 3.8) is 0 Å². The van der Waals surface area contributed by atoms with Gasteiger partial charge in [0.15, 0.2) is 18.1 Å². The van der Waals surface area contributed by atoms with Crippen molar-refractivity contribution in [2.75, 3.05) is 46.5 Å². The number of amides is 2. The number of aryl methyl sites for hydroxylation is 1. The Morgan fingerprint density at radius 1 is 1.19 bits per heavy atom. The lowest BCUT2D eigenvalue weighted by atomic mass is 9.76. The Labute approximate surface area is 249 Å². The molecule has 11 nitrogen and oxygen atoms in total. The van der Waals surface area contributed by atoms with Crippen LogP contribution in [0.1, 0.15) is 57.8 Å². The van der Waals surface area contributed by atoms with Gasteiger partial charge in [-0.3, -0.25) is 19.3 Å². The van der Waals surface area contributed by atoms with E-state index in [2.05, 4.69) is 34.4 Å². The third kappa shape index (κ3) is 9.75. The predicted octanol–water partition coefficient (Wildman–Crippen LogP) is 2.86. The highest BCUT2D eigenvalue weighted by Gasteiger charge is 2.40. The Kier molecular flexibility index (Phi) is 12.7. The molecule has 2 N–H and O–H groups in total. The van der Waals surface area contributed by atoms with E-state index in [0.29, 0.717) is 69.3 Å². The number of nitrogens with one attached hydrogen (secondary N) is 2. The third-order valence-electron chi connectivity index (χ3n) is 7.58. The molecule has 0 aliphatic carbocycles. The van der Waals surface area contributed by atoms with Crippen LogP contribution in [-0.4, -0.2) is 78.7 Å². The molecule has 1 aromatic carbocycles. The van der Waals surface area contributed by atoms with Gasteiger partial charge in [0, 0.05) is 45.5 Å². The summed E-state index contributed by atoms with van der Waals surface area (Å²) in [6, 6.07) is 5.44. The van der Waals surface area contributed by atoms with E-state index in [1.54, 1.807) is 19.2 Å². The molecule has 2 aliphatic rings. The fourth-order valence-corrected chi connectivity index (χ4v) is 5.05. The van der Waals surface area contributed by atoms with Gasteiger partial charge in [0.2, 0.25) is 5.91 Å². The van der Waals surface area contributed by atoms with Crippen LogP contribution in [-0.2, 0) is 39.1 Å². The number of imidazole rings is 1. The quantitative estimate of drug-likeness (QED) is 0.358. The minimum atomic E-state index is -0.948. The van der Waals surface area contributed by atoms with Crippen molar-refractivity contribution in [2.24, 2.45) is 18.4 Å². The maximum absolute atomic E-state index is 13.5. The molecule has 1 aromatic heterocycles. The molecule has 2 aromatic rings. The van der Waals surface area contributed by atoms with Gasteiger partial charge in [0.25, 0.3) is 5.91 Å². The van der Waals surface area contributed by atoms with Crippen LogP contribution in [0.5, 0.6) is 11.5 Å². The number of ether oxygens (including phenoxy) is 3. The van der Waals surface area contributed by atoms with E-state index >= 15 is 0 Å². The lowest BCUT2D eigenvalue weighted by Crippen LogP contribution is -2.46. The SMILES string of the molecule is CCOC(=O)C1(CCC(C)C)CNC(=O)CCCN(Cc2nccn2C)CCNC(=O)COc2ccc(cc2OC)C1. The molecule has 3 heterocycles. The zero-order chi connectivity index (χ0) is 30.5. The number of rotatable bonds is 8. The van der Waals surface area contributed by atoms with E-state index in [9.17, 15) is 14.4 Å². The fraction of sp³-hybridized carbons (Fsp3) is 0.613. The van der Waals surface area contributed by atoms with Crippen LogP contribution >= 0.6 is 0 Å². The summed E-state index contributed by atoms with van der Waals surface area (Å²) in [4.78, 5) is 45.8. The summed E-state index contributed by atoms with van der Waals surface area (Å²) in [7, 11) is 3.48. The number of carbonyl (C=O) groups is 3. The molecular formula is C31H47N5O6. The van der Waals surface area contributed by atoms with E-state index in [1.165, 1.54) is 7.11 Å². The number of hydrogen-bond donors (Lipinski definition) is 2. The maximum Gasteiger partial charge on any atom is 0.314 e. The normalized spacial score (nSPS) is 19.7. The first-order valence-corrected chi connectivity index (χ1v) is 14.8. The molecule has 11 heteroatoms. The first-order chi connectivity index (χ1) is 20.2. The van der Waals surface area contributed by atoms with Gasteiger partial charge in [-0.2, -0.15) is 0 Å². The van der Waals surface area contributed by atoms with Crippen LogP contribution in [0.25, 0.3) is 0 Å². The molecule has 0 saturated heterocycles. The molecule has 1 atom stereocenters. The number of hydrogen-bond acceptors (Lipinski definition) is 8. The van der Waals surface area contributed by atoms with Crippen molar-refractivity contribution in [2.45, 2.75) is 59.4 Å². The summed E-state index contributed by atoms with van der Waals surface area (Å²) in [5.74, 6) is 1.47. The first kappa shape index (κ1) is 32.9. The summed E-state index contributed by atoms with van der Waals surface area (Å²) < 4.78 is 18.9. The van der Waals surface area contributed by atoms with Crippen LogP contribution in [0.3, 0.4) is 0 Å². The van der Waals surface area contributed by atoms with Gasteiger partial charge in [-0.1, -0.05) is 19.9 Å². The smallest absolute Gasteiger partial charge is 0.314 e. The molecule has 2 bridgehead atoms. The molecule has 2 aliphatic heterocycles. The van der Waals surface area contributed by atoms with Crippen molar-refractivity contribution in [3.05, 3.63) is 42.0 Å². The number of fused-ring (bicyclic) bond motifs is 16. The second-order valence-corrected chi connectivity index (χ2v) is 11.3. The van der Waals surface area contributed by atoms with Crippen LogP contribution < -0.4 is 20.1 Å². The summed E-state index contributed by atoms with van der Waals surface area (Å²) in [6.45, 7) is 8.52. The average molecular weight is 586 g/mol. The van der Waals surface area contributed by atoms with E-state index in [1.807, 2.05) is 29.9 Å². The van der Waals surface area contributed by atoms with Gasteiger partial charge in [-0.15, -0.1) is 0 Å². The Hall–Kier alpha value is -3.60. The van der Waals surface area contributed by atoms with Gasteiger partial charge in [-0.25, -0.2) is 4.98 Å². The lowest BCUT2D eigenvalue weighted by Gasteiger charge is -2.33. The average Bonchev–Trinajstić information content (AvgIpc) is 3.36. The Morgan fingerprint density at radius 3 is 2.69 bits per heavy atom. The van der Waals surface area contributed by atoms with E-state index in [0.717, 1.165) is 17.8 Å². The van der Waals surface area contributed by atoms with Crippen molar-refractivity contribution in [3.8, 4) is 11.5 Å². The predicted molar refractivity (Wildman–Crippen MR) is 159 cm³/mol. The molecule has 2 amide bonds. The largest absolute Gasteiger partial charge is 0.493 e. The number of carbonyl (C=O) groups excluding carboxylic acids is 3. The summed E-state index contributed by atoms with van der Waals surface area (Å²) in [5.41, 5.74) is -0.103. The lowest BCUT2D eigenvalue weighted by molar-refractivity contribution is -0.156. The van der Waals surface area contributed by atoms with E-state index in [4.69, 9.17) is 14.2 Å². The van der Waals surface area contributed by atoms with E-state index in [-0.39, 0.29) is 37.5 Å². The van der Waals surface area contributed by atoms with Gasteiger partial charge in [-0.05, 0) is 62.8 Å². The van der Waals surface area contributed by atoms with Gasteiger partial charge in [0.05, 0.1) is 25.7 Å². The van der Waals surface area contributed by atoms with Crippen LogP contribution in [0, 0.1) is 11.3 Å². The Morgan fingerprint density at radius 2 is 2.00 bits per heavy atom. The number of nitrogens with zero attached hydrogens (tertiary/aromatic N) is 3. The Balaban J connectivity index is 1.89. The van der Waals surface area contributed by atoms with Crippen molar-refractivity contribution in [1.29, 1.82) is 0 Å². The monoisotopic (exact) mass is 585 g/mol. The molecule has 0 fully saturated rings. The topological polar surface area (TPSA) is 124 Å². The number of benzene rings is 1. The second kappa shape index (κ2) is 16.1. The van der Waals surface area contributed by atoms with Gasteiger partial charge >= 0.3 is 5.97 Å². The van der Waals surface area contributed by atoms with Crippen LogP contribution in [0.2, 0.25) is 0 Å². The number of methoxy groups -OCH3 is 1. The first-order valence-electron chi connectivity index (χ1n) is 14.8. The van der Waals surface area contributed by atoms with Gasteiger partial charge < -0.3 is 29.4 Å². The molecule has 1 unspecified atom stereocenters. The minimum Gasteiger partial charge on any atom is -0.493 e. The van der Waals surface area contributed by atoms with Crippen LogP contribution in [0.15, 0.2) is 30.6 Å².